The first-order chi connectivity index (χ1) is 6.33. The Labute approximate surface area is 81.2 Å². The van der Waals surface area contributed by atoms with E-state index in [9.17, 15) is 0 Å². The normalized spacial score (nSPS) is 19.5. The second kappa shape index (κ2) is 5.98. The highest BCUT2D eigenvalue weighted by molar-refractivity contribution is 5.15. The summed E-state index contributed by atoms with van der Waals surface area (Å²) < 4.78 is 0. The molecule has 0 bridgehead atoms. The summed E-state index contributed by atoms with van der Waals surface area (Å²) in [6.07, 6.45) is 11.9. The Kier molecular flexibility index (Phi) is 4.84. The van der Waals surface area contributed by atoms with E-state index in [1.807, 2.05) is 0 Å². The Bertz CT molecular complexity index is 176. The maximum atomic E-state index is 8.68. The lowest BCUT2D eigenvalue weighted by molar-refractivity contribution is 0.300. The molecule has 0 aromatic heterocycles. The molecule has 0 heterocycles. The lowest BCUT2D eigenvalue weighted by atomic mass is 9.89. The minimum Gasteiger partial charge on any atom is -0.396 e. The number of allylic oxidation sites excluding steroid dienone is 2. The van der Waals surface area contributed by atoms with Crippen LogP contribution in [0.3, 0.4) is 0 Å². The molecule has 0 aliphatic heterocycles. The molecule has 0 atom stereocenters. The molecule has 1 heteroatoms. The Hall–Kier alpha value is -0.560. The molecule has 0 radical (unpaired) electrons. The second-order valence-corrected chi connectivity index (χ2v) is 3.89. The summed E-state index contributed by atoms with van der Waals surface area (Å²) in [7, 11) is 0. The molecule has 74 valence electrons. The topological polar surface area (TPSA) is 20.2 Å². The molecule has 0 saturated heterocycles. The Morgan fingerprint density at radius 1 is 1.31 bits per heavy atom. The summed E-state index contributed by atoms with van der Waals surface area (Å²) in [5.41, 5.74) is 1.05. The fraction of sp³-hybridized carbons (Fsp3) is 0.667. The largest absolute Gasteiger partial charge is 0.396 e. The molecule has 1 N–H and O–H groups in total. The highest BCUT2D eigenvalue weighted by Crippen LogP contribution is 2.24. The van der Waals surface area contributed by atoms with E-state index in [1.165, 1.54) is 32.1 Å². The van der Waals surface area contributed by atoms with Crippen molar-refractivity contribution in [2.24, 2.45) is 5.92 Å². The first kappa shape index (κ1) is 10.5. The van der Waals surface area contributed by atoms with Gasteiger partial charge < -0.3 is 5.11 Å². The van der Waals surface area contributed by atoms with E-state index in [-0.39, 0.29) is 6.61 Å². The summed E-state index contributed by atoms with van der Waals surface area (Å²) in [5, 5.41) is 8.68. The van der Waals surface area contributed by atoms with Crippen molar-refractivity contribution in [3.63, 3.8) is 0 Å². The van der Waals surface area contributed by atoms with Crippen molar-refractivity contribution in [1.82, 2.24) is 0 Å². The highest BCUT2D eigenvalue weighted by Gasteiger charge is 2.09. The van der Waals surface area contributed by atoms with Crippen molar-refractivity contribution in [3.8, 4) is 0 Å². The van der Waals surface area contributed by atoms with Crippen LogP contribution in [0.25, 0.3) is 0 Å². The molecular weight excluding hydrogens is 160 g/mol. The molecule has 13 heavy (non-hydrogen) atoms. The minimum atomic E-state index is 0.216. The van der Waals surface area contributed by atoms with E-state index in [4.69, 9.17) is 5.11 Å². The summed E-state index contributed by atoms with van der Waals surface area (Å²) in [6, 6.07) is 0. The van der Waals surface area contributed by atoms with E-state index in [1.54, 1.807) is 0 Å². The van der Waals surface area contributed by atoms with Gasteiger partial charge in [-0.1, -0.05) is 43.6 Å². The SMILES string of the molecule is C=C(/C=C/C1CCCCC1)CCO. The molecule has 1 aliphatic carbocycles. The Morgan fingerprint density at radius 3 is 2.62 bits per heavy atom. The minimum absolute atomic E-state index is 0.216. The average Bonchev–Trinajstić information content (AvgIpc) is 2.17. The van der Waals surface area contributed by atoms with Crippen molar-refractivity contribution >= 4 is 0 Å². The third-order valence-corrected chi connectivity index (χ3v) is 2.69. The summed E-state index contributed by atoms with van der Waals surface area (Å²) in [5.74, 6) is 0.768. The molecule has 1 rings (SSSR count). The van der Waals surface area contributed by atoms with Crippen LogP contribution in [0.1, 0.15) is 38.5 Å². The zero-order valence-electron chi connectivity index (χ0n) is 8.34. The molecule has 0 amide bonds. The van der Waals surface area contributed by atoms with E-state index >= 15 is 0 Å². The van der Waals surface area contributed by atoms with Crippen LogP contribution in [0.4, 0.5) is 0 Å². The van der Waals surface area contributed by atoms with Crippen molar-refractivity contribution in [2.75, 3.05) is 6.61 Å². The highest BCUT2D eigenvalue weighted by atomic mass is 16.2. The molecular formula is C12H20O. The van der Waals surface area contributed by atoms with Gasteiger partial charge in [-0.3, -0.25) is 0 Å². The molecule has 0 aromatic carbocycles. The molecule has 1 aliphatic rings. The quantitative estimate of drug-likeness (QED) is 0.659. The van der Waals surface area contributed by atoms with Gasteiger partial charge in [0.2, 0.25) is 0 Å². The van der Waals surface area contributed by atoms with Crippen molar-refractivity contribution in [3.05, 3.63) is 24.3 Å². The van der Waals surface area contributed by atoms with Crippen molar-refractivity contribution in [2.45, 2.75) is 38.5 Å². The van der Waals surface area contributed by atoms with Gasteiger partial charge in [0.25, 0.3) is 0 Å². The van der Waals surface area contributed by atoms with Crippen molar-refractivity contribution < 1.29 is 5.11 Å². The van der Waals surface area contributed by atoms with Gasteiger partial charge in [0.05, 0.1) is 0 Å². The fourth-order valence-electron chi connectivity index (χ4n) is 1.83. The maximum Gasteiger partial charge on any atom is 0.0471 e. The summed E-state index contributed by atoms with van der Waals surface area (Å²) >= 11 is 0. The zero-order chi connectivity index (χ0) is 9.52. The maximum absolute atomic E-state index is 8.68. The Morgan fingerprint density at radius 2 is 2.00 bits per heavy atom. The molecule has 1 saturated carbocycles. The van der Waals surface area contributed by atoms with Gasteiger partial charge in [-0.2, -0.15) is 0 Å². The van der Waals surface area contributed by atoms with Gasteiger partial charge in [0.1, 0.15) is 0 Å². The van der Waals surface area contributed by atoms with Gasteiger partial charge >= 0.3 is 0 Å². The third-order valence-electron chi connectivity index (χ3n) is 2.69. The Balaban J connectivity index is 2.24. The smallest absolute Gasteiger partial charge is 0.0471 e. The van der Waals surface area contributed by atoms with Crippen LogP contribution in [0.15, 0.2) is 24.3 Å². The van der Waals surface area contributed by atoms with Crippen LogP contribution in [-0.4, -0.2) is 11.7 Å². The van der Waals surface area contributed by atoms with Crippen LogP contribution >= 0.6 is 0 Å². The van der Waals surface area contributed by atoms with Crippen LogP contribution < -0.4 is 0 Å². The lowest BCUT2D eigenvalue weighted by Crippen LogP contribution is -2.02. The van der Waals surface area contributed by atoms with Crippen LogP contribution in [-0.2, 0) is 0 Å². The second-order valence-electron chi connectivity index (χ2n) is 3.89. The standard InChI is InChI=1S/C12H20O/c1-11(9-10-13)7-8-12-5-3-2-4-6-12/h7-8,12-13H,1-6,9-10H2/b8-7+. The first-order valence-electron chi connectivity index (χ1n) is 5.30. The molecule has 0 spiro atoms. The first-order valence-corrected chi connectivity index (χ1v) is 5.30. The van der Waals surface area contributed by atoms with Gasteiger partial charge in [0, 0.05) is 6.61 Å². The van der Waals surface area contributed by atoms with E-state index in [0.29, 0.717) is 6.42 Å². The van der Waals surface area contributed by atoms with E-state index < -0.39 is 0 Å². The van der Waals surface area contributed by atoms with Gasteiger partial charge in [-0.15, -0.1) is 0 Å². The monoisotopic (exact) mass is 180 g/mol. The fourth-order valence-corrected chi connectivity index (χ4v) is 1.83. The van der Waals surface area contributed by atoms with Crippen LogP contribution in [0.2, 0.25) is 0 Å². The van der Waals surface area contributed by atoms with Crippen LogP contribution in [0, 0.1) is 5.92 Å². The summed E-state index contributed by atoms with van der Waals surface area (Å²) in [6.45, 7) is 4.10. The van der Waals surface area contributed by atoms with E-state index in [0.717, 1.165) is 11.5 Å². The number of rotatable bonds is 4. The molecule has 1 fully saturated rings. The van der Waals surface area contributed by atoms with Gasteiger partial charge in [0.15, 0.2) is 0 Å². The number of hydrogen-bond donors (Lipinski definition) is 1. The number of aliphatic hydroxyl groups is 1. The molecule has 0 aromatic rings. The number of aliphatic hydroxyl groups excluding tert-OH is 1. The third kappa shape index (κ3) is 4.28. The number of hydrogen-bond acceptors (Lipinski definition) is 1. The predicted molar refractivity (Wildman–Crippen MR) is 56.6 cm³/mol. The summed E-state index contributed by atoms with van der Waals surface area (Å²) in [4.78, 5) is 0. The van der Waals surface area contributed by atoms with Crippen LogP contribution in [0.5, 0.6) is 0 Å². The molecule has 0 unspecified atom stereocenters. The average molecular weight is 180 g/mol. The zero-order valence-corrected chi connectivity index (χ0v) is 8.34. The predicted octanol–water partition coefficient (Wildman–Crippen LogP) is 3.06. The van der Waals surface area contributed by atoms with Gasteiger partial charge in [-0.05, 0) is 25.2 Å². The molecule has 1 nitrogen and oxygen atoms in total. The van der Waals surface area contributed by atoms with Crippen molar-refractivity contribution in [1.29, 1.82) is 0 Å². The lowest BCUT2D eigenvalue weighted by Gasteiger charge is -2.17. The van der Waals surface area contributed by atoms with Gasteiger partial charge in [-0.25, -0.2) is 0 Å². The van der Waals surface area contributed by atoms with E-state index in [2.05, 4.69) is 18.7 Å².